The van der Waals surface area contributed by atoms with Gasteiger partial charge in [0.1, 0.15) is 0 Å². The average Bonchev–Trinajstić information content (AvgIpc) is 2.04. The van der Waals surface area contributed by atoms with Crippen LogP contribution in [0.25, 0.3) is 0 Å². The molecule has 0 amide bonds. The molecule has 0 radical (unpaired) electrons. The minimum atomic E-state index is -2.93. The van der Waals surface area contributed by atoms with Crippen LogP contribution in [0, 0.1) is 17.3 Å². The van der Waals surface area contributed by atoms with Crippen molar-refractivity contribution in [3.05, 3.63) is 29.3 Å². The van der Waals surface area contributed by atoms with Gasteiger partial charge in [0, 0.05) is 6.20 Å². The van der Waals surface area contributed by atoms with Gasteiger partial charge in [-0.25, -0.2) is 13.8 Å². The van der Waals surface area contributed by atoms with Gasteiger partial charge in [-0.3, -0.25) is 0 Å². The number of pyridine rings is 1. The molecule has 1 aromatic heterocycles. The Morgan fingerprint density at radius 1 is 1.54 bits per heavy atom. The lowest BCUT2D eigenvalue weighted by Gasteiger charge is -2.04. The molecule has 0 aromatic carbocycles. The molecule has 68 valence electrons. The Hall–Kier alpha value is -1.57. The van der Waals surface area contributed by atoms with Crippen molar-refractivity contribution in [1.29, 1.82) is 5.26 Å². The van der Waals surface area contributed by atoms with Gasteiger partial charge >= 0.3 is 0 Å². The van der Waals surface area contributed by atoms with Crippen molar-refractivity contribution in [3.8, 4) is 6.07 Å². The van der Waals surface area contributed by atoms with Crippen molar-refractivity contribution in [1.82, 2.24) is 4.98 Å². The summed E-state index contributed by atoms with van der Waals surface area (Å²) in [6.07, 6.45) is -2.11. The molecule has 0 unspecified atom stereocenters. The zero-order valence-corrected chi connectivity index (χ0v) is 6.47. The van der Waals surface area contributed by atoms with E-state index >= 15 is 0 Å². The standard InChI is InChI=1S/C8H5F3N2/c9-7(10)6-5(1-3-12)2-4-13-8(6)11/h2,4,7H,1H2. The lowest BCUT2D eigenvalue weighted by molar-refractivity contribution is 0.144. The van der Waals surface area contributed by atoms with Crippen molar-refractivity contribution < 1.29 is 13.2 Å². The molecule has 0 fully saturated rings. The summed E-state index contributed by atoms with van der Waals surface area (Å²) in [4.78, 5) is 3.09. The molecule has 1 heterocycles. The van der Waals surface area contributed by atoms with Gasteiger partial charge in [0.15, 0.2) is 0 Å². The first-order valence-electron chi connectivity index (χ1n) is 3.45. The van der Waals surface area contributed by atoms with Crippen molar-refractivity contribution in [2.75, 3.05) is 0 Å². The molecule has 0 aliphatic rings. The molecule has 0 N–H and O–H groups in total. The van der Waals surface area contributed by atoms with Crippen LogP contribution in [0.15, 0.2) is 12.3 Å². The van der Waals surface area contributed by atoms with E-state index in [1.54, 1.807) is 6.07 Å². The summed E-state index contributed by atoms with van der Waals surface area (Å²) in [5, 5.41) is 8.28. The van der Waals surface area contributed by atoms with Crippen LogP contribution < -0.4 is 0 Å². The lowest BCUT2D eigenvalue weighted by Crippen LogP contribution is -2.00. The van der Waals surface area contributed by atoms with E-state index in [0.29, 0.717) is 0 Å². The molecule has 5 heteroatoms. The summed E-state index contributed by atoms with van der Waals surface area (Å²) in [5.74, 6) is -1.21. The minimum absolute atomic E-state index is 0.00926. The maximum absolute atomic E-state index is 12.7. The summed E-state index contributed by atoms with van der Waals surface area (Å²) >= 11 is 0. The molecule has 1 rings (SSSR count). The predicted molar refractivity (Wildman–Crippen MR) is 38.5 cm³/mol. The molecule has 0 aliphatic heterocycles. The van der Waals surface area contributed by atoms with Gasteiger partial charge in [0.2, 0.25) is 5.95 Å². The Labute approximate surface area is 72.6 Å². The molecule has 13 heavy (non-hydrogen) atoms. The lowest BCUT2D eigenvalue weighted by atomic mass is 10.1. The maximum Gasteiger partial charge on any atom is 0.268 e. The van der Waals surface area contributed by atoms with Gasteiger partial charge in [-0.1, -0.05) is 0 Å². The third-order valence-electron chi connectivity index (χ3n) is 1.52. The fourth-order valence-corrected chi connectivity index (χ4v) is 0.954. The number of halogens is 3. The Bertz CT molecular complexity index is 344. The summed E-state index contributed by atoms with van der Waals surface area (Å²) < 4.78 is 37.2. The van der Waals surface area contributed by atoms with Crippen LogP contribution in [0.5, 0.6) is 0 Å². The van der Waals surface area contributed by atoms with Crippen molar-refractivity contribution in [2.45, 2.75) is 12.8 Å². The van der Waals surface area contributed by atoms with Gasteiger partial charge in [0.25, 0.3) is 6.43 Å². The number of hydrogen-bond donors (Lipinski definition) is 0. The quantitative estimate of drug-likeness (QED) is 0.664. The first-order chi connectivity index (χ1) is 6.16. The van der Waals surface area contributed by atoms with E-state index in [0.717, 1.165) is 6.20 Å². The van der Waals surface area contributed by atoms with Gasteiger partial charge < -0.3 is 0 Å². The highest BCUT2D eigenvalue weighted by atomic mass is 19.3. The van der Waals surface area contributed by atoms with E-state index < -0.39 is 17.9 Å². The van der Waals surface area contributed by atoms with Crippen LogP contribution in [0.2, 0.25) is 0 Å². The van der Waals surface area contributed by atoms with E-state index in [2.05, 4.69) is 4.98 Å². The SMILES string of the molecule is N#CCc1ccnc(F)c1C(F)F. The zero-order valence-electron chi connectivity index (χ0n) is 6.47. The van der Waals surface area contributed by atoms with E-state index in [1.165, 1.54) is 6.07 Å². The van der Waals surface area contributed by atoms with Gasteiger partial charge in [-0.05, 0) is 11.6 Å². The Balaban J connectivity index is 3.19. The first-order valence-corrected chi connectivity index (χ1v) is 3.45. The maximum atomic E-state index is 12.7. The number of nitrogens with zero attached hydrogens (tertiary/aromatic N) is 2. The molecule has 0 aliphatic carbocycles. The third kappa shape index (κ3) is 1.96. The van der Waals surface area contributed by atoms with Gasteiger partial charge in [0.05, 0.1) is 18.1 Å². The van der Waals surface area contributed by atoms with E-state index in [9.17, 15) is 13.2 Å². The molecule has 1 aromatic rings. The van der Waals surface area contributed by atoms with E-state index in [4.69, 9.17) is 5.26 Å². The zero-order chi connectivity index (χ0) is 9.84. The average molecular weight is 186 g/mol. The number of rotatable bonds is 2. The highest BCUT2D eigenvalue weighted by Crippen LogP contribution is 2.24. The third-order valence-corrected chi connectivity index (χ3v) is 1.52. The smallest absolute Gasteiger partial charge is 0.228 e. The summed E-state index contributed by atoms with van der Waals surface area (Å²) in [5.41, 5.74) is -0.783. The number of hydrogen-bond acceptors (Lipinski definition) is 2. The molecular weight excluding hydrogens is 181 g/mol. The number of nitriles is 1. The minimum Gasteiger partial charge on any atom is -0.228 e. The Kier molecular flexibility index (Phi) is 2.85. The molecule has 2 nitrogen and oxygen atoms in total. The van der Waals surface area contributed by atoms with Crippen LogP contribution in [0.1, 0.15) is 17.6 Å². The molecular formula is C8H5F3N2. The second kappa shape index (κ2) is 3.90. The first kappa shape index (κ1) is 9.52. The highest BCUT2D eigenvalue weighted by molar-refractivity contribution is 5.28. The second-order valence-electron chi connectivity index (χ2n) is 2.31. The second-order valence-corrected chi connectivity index (χ2v) is 2.31. The van der Waals surface area contributed by atoms with Crippen LogP contribution in [-0.2, 0) is 6.42 Å². The fraction of sp³-hybridized carbons (Fsp3) is 0.250. The highest BCUT2D eigenvalue weighted by Gasteiger charge is 2.18. The van der Waals surface area contributed by atoms with Crippen LogP contribution in [0.3, 0.4) is 0 Å². The monoisotopic (exact) mass is 186 g/mol. The van der Waals surface area contributed by atoms with Crippen LogP contribution in [0.4, 0.5) is 13.2 Å². The largest absolute Gasteiger partial charge is 0.268 e. The summed E-state index contributed by atoms with van der Waals surface area (Å²) in [6.45, 7) is 0. The fourth-order valence-electron chi connectivity index (χ4n) is 0.954. The number of alkyl halides is 2. The topological polar surface area (TPSA) is 36.7 Å². The molecule has 0 saturated carbocycles. The Morgan fingerprint density at radius 2 is 2.23 bits per heavy atom. The molecule has 0 atom stereocenters. The van der Waals surface area contributed by atoms with Gasteiger partial charge in [-0.2, -0.15) is 9.65 Å². The van der Waals surface area contributed by atoms with Crippen LogP contribution in [-0.4, -0.2) is 4.98 Å². The summed E-state index contributed by atoms with van der Waals surface area (Å²) in [7, 11) is 0. The van der Waals surface area contributed by atoms with Crippen molar-refractivity contribution in [2.24, 2.45) is 0 Å². The van der Waals surface area contributed by atoms with E-state index in [-0.39, 0.29) is 12.0 Å². The van der Waals surface area contributed by atoms with Crippen molar-refractivity contribution in [3.63, 3.8) is 0 Å². The summed E-state index contributed by atoms with van der Waals surface area (Å²) in [6, 6.07) is 2.89. The number of aromatic nitrogens is 1. The normalized spacial score (nSPS) is 10.1. The molecule has 0 bridgehead atoms. The van der Waals surface area contributed by atoms with Crippen molar-refractivity contribution >= 4 is 0 Å². The van der Waals surface area contributed by atoms with Crippen LogP contribution >= 0.6 is 0 Å². The Morgan fingerprint density at radius 3 is 2.77 bits per heavy atom. The van der Waals surface area contributed by atoms with E-state index in [1.807, 2.05) is 0 Å². The molecule has 0 saturated heterocycles. The predicted octanol–water partition coefficient (Wildman–Crippen LogP) is 2.22. The van der Waals surface area contributed by atoms with Gasteiger partial charge in [-0.15, -0.1) is 0 Å². The molecule has 0 spiro atoms.